The second kappa shape index (κ2) is 5.67. The van der Waals surface area contributed by atoms with Crippen LogP contribution in [0.1, 0.15) is 29.8 Å². The van der Waals surface area contributed by atoms with Crippen molar-refractivity contribution in [3.8, 4) is 0 Å². The third-order valence-electron chi connectivity index (χ3n) is 3.49. The molecule has 5 nitrogen and oxygen atoms in total. The van der Waals surface area contributed by atoms with E-state index in [-0.39, 0.29) is 5.91 Å². The normalized spacial score (nSPS) is 20.9. The second-order valence-electron chi connectivity index (χ2n) is 4.89. The Morgan fingerprint density at radius 1 is 1.67 bits per heavy atom. The maximum absolute atomic E-state index is 12.1. The number of carbonyl (C=O) groups is 1. The van der Waals surface area contributed by atoms with Crippen LogP contribution in [0.25, 0.3) is 0 Å². The van der Waals surface area contributed by atoms with Gasteiger partial charge >= 0.3 is 0 Å². The molecule has 2 heterocycles. The Kier molecular flexibility index (Phi) is 4.19. The Bertz CT molecular complexity index is 420. The van der Waals surface area contributed by atoms with Gasteiger partial charge in [-0.15, -0.1) is 11.3 Å². The highest BCUT2D eigenvalue weighted by Gasteiger charge is 2.23. The number of nitrogen functional groups attached to an aromatic ring is 1. The van der Waals surface area contributed by atoms with E-state index in [1.165, 1.54) is 24.2 Å². The molecule has 1 amide bonds. The highest BCUT2D eigenvalue weighted by atomic mass is 32.1. The smallest absolute Gasteiger partial charge is 0.273 e. The first kappa shape index (κ1) is 13.3. The molecule has 6 heteroatoms. The fraction of sp³-hybridized carbons (Fsp3) is 0.667. The summed E-state index contributed by atoms with van der Waals surface area (Å²) in [5.74, 6) is -0.0399. The fourth-order valence-corrected chi connectivity index (χ4v) is 2.89. The minimum absolute atomic E-state index is 0.0399. The molecule has 0 spiro atoms. The van der Waals surface area contributed by atoms with Gasteiger partial charge in [-0.25, -0.2) is 4.98 Å². The van der Waals surface area contributed by atoms with Gasteiger partial charge in [0, 0.05) is 25.0 Å². The molecule has 2 N–H and O–H groups in total. The van der Waals surface area contributed by atoms with Crippen LogP contribution in [0, 0.1) is 0 Å². The van der Waals surface area contributed by atoms with Crippen molar-refractivity contribution in [3.63, 3.8) is 0 Å². The Labute approximate surface area is 112 Å². The molecule has 0 aliphatic carbocycles. The zero-order valence-electron chi connectivity index (χ0n) is 10.9. The lowest BCUT2D eigenvalue weighted by Gasteiger charge is -2.34. The summed E-state index contributed by atoms with van der Waals surface area (Å²) in [5, 5.41) is 2.17. The quantitative estimate of drug-likeness (QED) is 0.897. The summed E-state index contributed by atoms with van der Waals surface area (Å²) in [7, 11) is 3.96. The van der Waals surface area contributed by atoms with Crippen LogP contribution in [-0.2, 0) is 0 Å². The molecule has 0 radical (unpaired) electrons. The molecular weight excluding hydrogens is 248 g/mol. The molecule has 0 saturated carbocycles. The van der Waals surface area contributed by atoms with E-state index in [4.69, 9.17) is 5.73 Å². The van der Waals surface area contributed by atoms with Crippen molar-refractivity contribution in [1.29, 1.82) is 0 Å². The van der Waals surface area contributed by atoms with Gasteiger partial charge in [0.2, 0.25) is 0 Å². The monoisotopic (exact) mass is 268 g/mol. The zero-order valence-corrected chi connectivity index (χ0v) is 11.7. The van der Waals surface area contributed by atoms with E-state index < -0.39 is 0 Å². The lowest BCUT2D eigenvalue weighted by atomic mass is 10.0. The third-order valence-corrected chi connectivity index (χ3v) is 4.17. The maximum atomic E-state index is 12.1. The van der Waals surface area contributed by atoms with Crippen LogP contribution in [0.3, 0.4) is 0 Å². The summed E-state index contributed by atoms with van der Waals surface area (Å²) in [6, 6.07) is 0.462. The molecule has 1 saturated heterocycles. The zero-order chi connectivity index (χ0) is 13.1. The van der Waals surface area contributed by atoms with Gasteiger partial charge in [-0.05, 0) is 26.4 Å². The largest absolute Gasteiger partial charge is 0.375 e. The van der Waals surface area contributed by atoms with E-state index in [1.807, 2.05) is 7.05 Å². The van der Waals surface area contributed by atoms with Gasteiger partial charge in [-0.1, -0.05) is 6.42 Å². The summed E-state index contributed by atoms with van der Waals surface area (Å²) in [5.41, 5.74) is 6.01. The molecule has 0 unspecified atom stereocenters. The van der Waals surface area contributed by atoms with E-state index in [2.05, 4.69) is 16.9 Å². The first-order chi connectivity index (χ1) is 8.58. The number of likely N-dealkylation sites (tertiary alicyclic amines) is 1. The Morgan fingerprint density at radius 3 is 3.06 bits per heavy atom. The van der Waals surface area contributed by atoms with Crippen molar-refractivity contribution in [1.82, 2.24) is 14.8 Å². The number of hydrogen-bond acceptors (Lipinski definition) is 5. The number of carbonyl (C=O) groups excluding carboxylic acids is 1. The predicted octanol–water partition coefficient (Wildman–Crippen LogP) is 1.28. The predicted molar refractivity (Wildman–Crippen MR) is 73.8 cm³/mol. The number of thiazole rings is 1. The van der Waals surface area contributed by atoms with Crippen LogP contribution in [0.15, 0.2) is 5.38 Å². The number of anilines is 1. The summed E-state index contributed by atoms with van der Waals surface area (Å²) < 4.78 is 0. The molecule has 18 heavy (non-hydrogen) atoms. The minimum atomic E-state index is -0.0399. The van der Waals surface area contributed by atoms with E-state index in [9.17, 15) is 4.79 Å². The number of aromatic nitrogens is 1. The molecule has 1 aliphatic heterocycles. The van der Waals surface area contributed by atoms with Crippen molar-refractivity contribution in [2.75, 3.05) is 32.9 Å². The van der Waals surface area contributed by atoms with Crippen LogP contribution in [-0.4, -0.2) is 53.9 Å². The first-order valence-electron chi connectivity index (χ1n) is 6.24. The standard InChI is InChI=1S/C12H20N4OS/c1-15-6-4-3-5-9(15)7-16(2)11(17)10-8-18-12(13)14-10/h8-9H,3-7H2,1-2H3,(H2,13,14)/t9-/m1/s1. The molecule has 1 aliphatic rings. The van der Waals surface area contributed by atoms with E-state index in [0.29, 0.717) is 16.9 Å². The molecular formula is C12H20N4OS. The van der Waals surface area contributed by atoms with Gasteiger partial charge in [0.15, 0.2) is 5.13 Å². The molecule has 0 aromatic carbocycles. The van der Waals surface area contributed by atoms with Gasteiger partial charge in [-0.3, -0.25) is 4.79 Å². The summed E-state index contributed by atoms with van der Waals surface area (Å²) in [4.78, 5) is 20.3. The fourth-order valence-electron chi connectivity index (χ4n) is 2.36. The van der Waals surface area contributed by atoms with E-state index in [0.717, 1.165) is 19.5 Å². The summed E-state index contributed by atoms with van der Waals surface area (Å²) in [6.45, 7) is 1.88. The van der Waals surface area contributed by atoms with Gasteiger partial charge in [0.1, 0.15) is 5.69 Å². The molecule has 100 valence electrons. The van der Waals surface area contributed by atoms with Crippen molar-refractivity contribution >= 4 is 22.4 Å². The maximum Gasteiger partial charge on any atom is 0.273 e. The Hall–Kier alpha value is -1.14. The average Bonchev–Trinajstić information content (AvgIpc) is 2.78. The highest BCUT2D eigenvalue weighted by Crippen LogP contribution is 2.17. The molecule has 1 aromatic heterocycles. The first-order valence-corrected chi connectivity index (χ1v) is 7.12. The summed E-state index contributed by atoms with van der Waals surface area (Å²) >= 11 is 1.31. The van der Waals surface area contributed by atoms with Gasteiger partial charge in [0.25, 0.3) is 5.91 Å². The minimum Gasteiger partial charge on any atom is -0.375 e. The van der Waals surface area contributed by atoms with Crippen LogP contribution in [0.2, 0.25) is 0 Å². The number of likely N-dealkylation sites (N-methyl/N-ethyl adjacent to an activating group) is 2. The number of piperidine rings is 1. The van der Waals surface area contributed by atoms with E-state index in [1.54, 1.807) is 10.3 Å². The lowest BCUT2D eigenvalue weighted by Crippen LogP contribution is -2.45. The van der Waals surface area contributed by atoms with Gasteiger partial charge in [-0.2, -0.15) is 0 Å². The molecule has 0 bridgehead atoms. The van der Waals surface area contributed by atoms with Gasteiger partial charge in [0.05, 0.1) is 0 Å². The highest BCUT2D eigenvalue weighted by molar-refractivity contribution is 7.13. The van der Waals surface area contributed by atoms with Crippen LogP contribution < -0.4 is 5.73 Å². The number of amides is 1. The van der Waals surface area contributed by atoms with Crippen molar-refractivity contribution in [2.24, 2.45) is 0 Å². The topological polar surface area (TPSA) is 62.5 Å². The number of nitrogens with zero attached hydrogens (tertiary/aromatic N) is 3. The Balaban J connectivity index is 1.94. The van der Waals surface area contributed by atoms with Crippen molar-refractivity contribution < 1.29 is 4.79 Å². The van der Waals surface area contributed by atoms with Crippen LogP contribution in [0.4, 0.5) is 5.13 Å². The van der Waals surface area contributed by atoms with Crippen molar-refractivity contribution in [2.45, 2.75) is 25.3 Å². The Morgan fingerprint density at radius 2 is 2.44 bits per heavy atom. The average molecular weight is 268 g/mol. The van der Waals surface area contributed by atoms with Gasteiger partial charge < -0.3 is 15.5 Å². The number of hydrogen-bond donors (Lipinski definition) is 1. The lowest BCUT2D eigenvalue weighted by molar-refractivity contribution is 0.0712. The number of rotatable bonds is 3. The molecule has 1 atom stereocenters. The van der Waals surface area contributed by atoms with Crippen LogP contribution in [0.5, 0.6) is 0 Å². The van der Waals surface area contributed by atoms with Crippen molar-refractivity contribution in [3.05, 3.63) is 11.1 Å². The molecule has 2 rings (SSSR count). The second-order valence-corrected chi connectivity index (χ2v) is 5.78. The SMILES string of the molecule is CN(C[C@H]1CCCCN1C)C(=O)c1csc(N)n1. The van der Waals surface area contributed by atoms with E-state index >= 15 is 0 Å². The van der Waals surface area contributed by atoms with Crippen LogP contribution >= 0.6 is 11.3 Å². The third kappa shape index (κ3) is 3.00. The molecule has 1 fully saturated rings. The summed E-state index contributed by atoms with van der Waals surface area (Å²) in [6.07, 6.45) is 3.67. The number of nitrogens with two attached hydrogens (primary N) is 1. The molecule has 1 aromatic rings.